The van der Waals surface area contributed by atoms with Gasteiger partial charge in [-0.05, 0) is 13.3 Å². The molecule has 0 aromatic rings. The van der Waals surface area contributed by atoms with E-state index in [1.54, 1.807) is 0 Å². The highest BCUT2D eigenvalue weighted by Crippen LogP contribution is 1.60. The van der Waals surface area contributed by atoms with Crippen LogP contribution >= 0.6 is 0 Å². The monoisotopic (exact) mass is 150 g/mol. The molecule has 0 amide bonds. The highest BCUT2D eigenvalue weighted by atomic mass is 16.3. The molecule has 0 aliphatic carbocycles. The molecule has 0 atom stereocenters. The molecule has 0 aromatic carbocycles. The Labute approximate surface area is 64.3 Å². The minimum absolute atomic E-state index is 0. The molecule has 10 heavy (non-hydrogen) atoms. The number of hydrogen-bond acceptors (Lipinski definition) is 2. The average Bonchev–Trinajstić information content (AvgIpc) is 1.94. The molecule has 0 unspecified atom stereocenters. The fraction of sp³-hybridized carbons (Fsp3) is 0.571. The summed E-state index contributed by atoms with van der Waals surface area (Å²) in [7, 11) is 0.750. The Morgan fingerprint density at radius 2 is 1.30 bits per heavy atom. The minimum atomic E-state index is 0. The normalized spacial score (nSPS) is 5.40. The van der Waals surface area contributed by atoms with E-state index in [0.717, 1.165) is 7.11 Å². The smallest absolute Gasteiger partial charge is 0.0712 e. The van der Waals surface area contributed by atoms with Crippen LogP contribution in [0.5, 0.6) is 0 Å². The topological polar surface area (TPSA) is 60.4 Å². The van der Waals surface area contributed by atoms with E-state index in [9.17, 15) is 0 Å². The third kappa shape index (κ3) is 482. The van der Waals surface area contributed by atoms with E-state index in [4.69, 9.17) is 15.3 Å². The molecule has 0 bridgehead atoms. The summed E-state index contributed by atoms with van der Waals surface area (Å²) in [6, 6.07) is 0. The second kappa shape index (κ2) is 66.5. The van der Waals surface area contributed by atoms with Crippen molar-refractivity contribution in [3.8, 4) is 0 Å². The van der Waals surface area contributed by atoms with Crippen molar-refractivity contribution in [2.45, 2.75) is 6.42 Å². The molecular weight excluding hydrogens is 132 g/mol. The molecule has 3 heteroatoms. The lowest BCUT2D eigenvalue weighted by Gasteiger charge is -1.69. The van der Waals surface area contributed by atoms with Crippen LogP contribution in [0.4, 0.5) is 0 Å². The first kappa shape index (κ1) is 22.5. The average molecular weight is 150 g/mol. The van der Waals surface area contributed by atoms with E-state index >= 15 is 0 Å². The first-order valence-corrected chi connectivity index (χ1v) is 2.54. The summed E-state index contributed by atoms with van der Waals surface area (Å²) in [5, 5.41) is 23.5. The van der Waals surface area contributed by atoms with Gasteiger partial charge in [0.2, 0.25) is 0 Å². The van der Waals surface area contributed by atoms with E-state index in [1.165, 1.54) is 0 Å². The van der Waals surface area contributed by atoms with E-state index in [-0.39, 0.29) is 20.6 Å². The van der Waals surface area contributed by atoms with Gasteiger partial charge in [0, 0.05) is 13.2 Å². The lowest BCUT2D eigenvalue weighted by Crippen LogP contribution is -1.70. The van der Waals surface area contributed by atoms with Crippen LogP contribution in [0.3, 0.4) is 0 Å². The van der Waals surface area contributed by atoms with Crippen LogP contribution in [0.15, 0.2) is 0 Å². The second-order valence-electron chi connectivity index (χ2n) is 0.801. The maximum absolute atomic E-state index is 8.25. The van der Waals surface area contributed by atoms with Crippen molar-refractivity contribution in [1.82, 2.24) is 0 Å². The lowest BCUT2D eigenvalue weighted by atomic mass is 10.5. The van der Waals surface area contributed by atoms with Gasteiger partial charge < -0.3 is 10.2 Å². The molecule has 2 N–H and O–H groups in total. The van der Waals surface area contributed by atoms with Crippen molar-refractivity contribution in [3.05, 3.63) is 21.3 Å². The van der Waals surface area contributed by atoms with Crippen LogP contribution in [-0.4, -0.2) is 30.5 Å². The van der Waals surface area contributed by atoms with Crippen molar-refractivity contribution < 1.29 is 15.3 Å². The lowest BCUT2D eigenvalue weighted by molar-refractivity contribution is 0.282. The first-order valence-electron chi connectivity index (χ1n) is 2.54. The van der Waals surface area contributed by atoms with Gasteiger partial charge in [0.15, 0.2) is 0 Å². The molecule has 4 radical (unpaired) electrons. The summed E-state index contributed by atoms with van der Waals surface area (Å²) in [6.45, 7) is 6.60. The number of aliphatic hydroxyl groups excluding tert-OH is 2. The van der Waals surface area contributed by atoms with Crippen molar-refractivity contribution in [3.63, 3.8) is 0 Å². The van der Waals surface area contributed by atoms with Gasteiger partial charge in [0.05, 0.1) is 7.11 Å². The Kier molecular flexibility index (Phi) is 150. The van der Waals surface area contributed by atoms with Gasteiger partial charge in [-0.1, -0.05) is 14.4 Å². The maximum atomic E-state index is 8.25. The van der Waals surface area contributed by atoms with Crippen LogP contribution in [-0.2, 0) is 5.11 Å². The molecule has 0 aliphatic rings. The predicted octanol–water partition coefficient (Wildman–Crippen LogP) is 0.513. The predicted molar refractivity (Wildman–Crippen MR) is 42.5 cm³/mol. The summed E-state index contributed by atoms with van der Waals surface area (Å²) in [5.41, 5.74) is 0. The van der Waals surface area contributed by atoms with Crippen LogP contribution in [0.2, 0.25) is 0 Å². The van der Waals surface area contributed by atoms with Crippen LogP contribution in [0.25, 0.3) is 0 Å². The third-order valence-electron chi connectivity index (χ3n) is 0.158. The summed E-state index contributed by atoms with van der Waals surface area (Å²) in [5.74, 6) is 0. The Hall–Kier alpha value is -0.120. The van der Waals surface area contributed by atoms with Crippen molar-refractivity contribution in [1.29, 1.82) is 0 Å². The number of aliphatic hydroxyl groups is 2. The quantitative estimate of drug-likeness (QED) is 0.572. The fourth-order valence-electron chi connectivity index (χ4n) is 0. The molecule has 0 aromatic heterocycles. The van der Waals surface area contributed by atoms with Crippen molar-refractivity contribution in [2.24, 2.45) is 0 Å². The standard InChI is InChI=1S/C3H7O.C2H5O.CH3O.CH3/c1-2-3-4;1-2-3;1-2;/h4H,1-3H2;3H,1-2H2;1H3;1H3. The molecule has 3 nitrogen and oxygen atoms in total. The molecular formula is C7H18O3. The fourth-order valence-corrected chi connectivity index (χ4v) is 0. The summed E-state index contributed by atoms with van der Waals surface area (Å²) in [4.78, 5) is 0. The van der Waals surface area contributed by atoms with Gasteiger partial charge in [-0.15, -0.1) is 0 Å². The second-order valence-corrected chi connectivity index (χ2v) is 0.801. The molecule has 0 fully saturated rings. The van der Waals surface area contributed by atoms with Crippen molar-refractivity contribution >= 4 is 0 Å². The molecule has 0 saturated heterocycles. The molecule has 64 valence electrons. The highest BCUT2D eigenvalue weighted by Gasteiger charge is 1.57. The Morgan fingerprint density at radius 3 is 1.30 bits per heavy atom. The zero-order valence-electron chi connectivity index (χ0n) is 6.84. The molecule has 0 saturated carbocycles. The van der Waals surface area contributed by atoms with Crippen molar-refractivity contribution in [2.75, 3.05) is 20.3 Å². The van der Waals surface area contributed by atoms with Gasteiger partial charge in [-0.2, -0.15) is 0 Å². The van der Waals surface area contributed by atoms with Gasteiger partial charge in [-0.25, -0.2) is 5.11 Å². The summed E-state index contributed by atoms with van der Waals surface area (Å²) >= 11 is 0. The van der Waals surface area contributed by atoms with Gasteiger partial charge in [-0.3, -0.25) is 0 Å². The largest absolute Gasteiger partial charge is 0.396 e. The van der Waals surface area contributed by atoms with Crippen LogP contribution in [0, 0.1) is 21.3 Å². The third-order valence-corrected chi connectivity index (χ3v) is 0.158. The van der Waals surface area contributed by atoms with Gasteiger partial charge in [0.25, 0.3) is 0 Å². The van der Waals surface area contributed by atoms with Gasteiger partial charge >= 0.3 is 0 Å². The SMILES string of the molecule is C[O].[CH2]CCO.[CH2]CO.[CH3]. The van der Waals surface area contributed by atoms with Crippen LogP contribution < -0.4 is 0 Å². The zero-order valence-corrected chi connectivity index (χ0v) is 6.84. The van der Waals surface area contributed by atoms with E-state index in [2.05, 4.69) is 13.8 Å². The van der Waals surface area contributed by atoms with Crippen LogP contribution in [0.1, 0.15) is 6.42 Å². The Morgan fingerprint density at radius 1 is 1.20 bits per heavy atom. The molecule has 0 spiro atoms. The first-order chi connectivity index (χ1) is 4.33. The molecule has 0 rings (SSSR count). The van der Waals surface area contributed by atoms with E-state index in [0.29, 0.717) is 6.42 Å². The van der Waals surface area contributed by atoms with E-state index in [1.807, 2.05) is 0 Å². The summed E-state index contributed by atoms with van der Waals surface area (Å²) in [6.07, 6.45) is 0.625. The Bertz CT molecular complexity index is 16.3. The highest BCUT2D eigenvalue weighted by molar-refractivity contribution is 4.28. The minimum Gasteiger partial charge on any atom is -0.396 e. The molecule has 0 aliphatic heterocycles. The van der Waals surface area contributed by atoms with Gasteiger partial charge in [0.1, 0.15) is 0 Å². The Balaban J connectivity index is -0.0000000273. The van der Waals surface area contributed by atoms with E-state index < -0.39 is 0 Å². The number of rotatable bonds is 1. The maximum Gasteiger partial charge on any atom is 0.0712 e. The number of hydrogen-bond donors (Lipinski definition) is 2. The zero-order chi connectivity index (χ0) is 8.12. The molecule has 0 heterocycles. The summed E-state index contributed by atoms with van der Waals surface area (Å²) < 4.78 is 0.